The van der Waals surface area contributed by atoms with Crippen molar-refractivity contribution in [3.63, 3.8) is 0 Å². The zero-order chi connectivity index (χ0) is 23.4. The number of carbonyl (C=O) groups is 1. The Labute approximate surface area is 182 Å². The van der Waals surface area contributed by atoms with Gasteiger partial charge in [0.15, 0.2) is 0 Å². The van der Waals surface area contributed by atoms with Crippen LogP contribution in [0.3, 0.4) is 0 Å². The molecule has 3 aromatic carbocycles. The molecule has 3 aromatic rings. The number of alkyl halides is 5. The van der Waals surface area contributed by atoms with Crippen LogP contribution in [0.15, 0.2) is 72.8 Å². The van der Waals surface area contributed by atoms with Crippen LogP contribution in [0, 0.1) is 6.92 Å². The summed E-state index contributed by atoms with van der Waals surface area (Å²) in [5, 5.41) is 0. The van der Waals surface area contributed by atoms with Gasteiger partial charge in [-0.25, -0.2) is 4.79 Å². The van der Waals surface area contributed by atoms with Gasteiger partial charge in [0.25, 0.3) is 0 Å². The van der Waals surface area contributed by atoms with Gasteiger partial charge in [0.05, 0.1) is 5.56 Å². The fraction of sp³-hybridized carbons (Fsp3) is 0.160. The van der Waals surface area contributed by atoms with Crippen molar-refractivity contribution < 1.29 is 31.5 Å². The summed E-state index contributed by atoms with van der Waals surface area (Å²) in [6, 6.07) is 19.1. The van der Waals surface area contributed by atoms with E-state index in [0.717, 1.165) is 23.3 Å². The van der Waals surface area contributed by atoms with Gasteiger partial charge in [0.1, 0.15) is 5.75 Å². The van der Waals surface area contributed by atoms with Crippen LogP contribution in [-0.4, -0.2) is 18.1 Å². The van der Waals surface area contributed by atoms with Crippen molar-refractivity contribution >= 4 is 18.1 Å². The first-order valence-electron chi connectivity index (χ1n) is 9.64. The zero-order valence-electron chi connectivity index (χ0n) is 17.0. The summed E-state index contributed by atoms with van der Waals surface area (Å²) < 4.78 is 68.4. The summed E-state index contributed by atoms with van der Waals surface area (Å²) in [6.45, 7) is 2.01. The van der Waals surface area contributed by atoms with Gasteiger partial charge in [0.2, 0.25) is 0 Å². The van der Waals surface area contributed by atoms with Gasteiger partial charge in [-0.2, -0.15) is 22.0 Å². The number of benzene rings is 3. The highest BCUT2D eigenvalue weighted by atomic mass is 19.4. The molecule has 3 rings (SSSR count). The molecule has 0 heterocycles. The van der Waals surface area contributed by atoms with Gasteiger partial charge >= 0.3 is 18.1 Å². The molecule has 166 valence electrons. The highest BCUT2D eigenvalue weighted by Crippen LogP contribution is 2.38. The van der Waals surface area contributed by atoms with Crippen molar-refractivity contribution in [3.8, 4) is 5.75 Å². The molecular weight excluding hydrogens is 427 g/mol. The standard InChI is InChI=1S/C25H19F5O2/c1-17-2-4-18(5-3-17)6-7-19-8-12-21(13-9-19)23(31)32-22-14-10-20(11-15-22)16-24(26,27)25(28,29)30/h2-15H,16H2,1H3/b7-6+. The third-order valence-corrected chi connectivity index (χ3v) is 4.67. The number of hydrogen-bond acceptors (Lipinski definition) is 2. The molecule has 0 atom stereocenters. The molecule has 0 saturated heterocycles. The monoisotopic (exact) mass is 446 g/mol. The van der Waals surface area contributed by atoms with E-state index in [4.69, 9.17) is 4.74 Å². The number of hydrogen-bond donors (Lipinski definition) is 0. The molecule has 0 saturated carbocycles. The van der Waals surface area contributed by atoms with E-state index in [9.17, 15) is 26.7 Å². The zero-order valence-corrected chi connectivity index (χ0v) is 17.0. The minimum atomic E-state index is -5.63. The Kier molecular flexibility index (Phi) is 6.77. The lowest BCUT2D eigenvalue weighted by molar-refractivity contribution is -0.281. The molecule has 0 fully saturated rings. The number of carbonyl (C=O) groups excluding carboxylic acids is 1. The molecule has 0 spiro atoms. The Balaban J connectivity index is 1.60. The topological polar surface area (TPSA) is 26.3 Å². The van der Waals surface area contributed by atoms with Crippen molar-refractivity contribution in [2.75, 3.05) is 0 Å². The number of aryl methyl sites for hydroxylation is 1. The molecule has 2 nitrogen and oxygen atoms in total. The van der Waals surface area contributed by atoms with Crippen molar-refractivity contribution in [1.82, 2.24) is 0 Å². The molecule has 0 aliphatic rings. The van der Waals surface area contributed by atoms with Crippen LogP contribution >= 0.6 is 0 Å². The molecule has 0 aliphatic carbocycles. The summed E-state index contributed by atoms with van der Waals surface area (Å²) in [7, 11) is 0. The summed E-state index contributed by atoms with van der Waals surface area (Å²) in [4.78, 5) is 12.3. The third kappa shape index (κ3) is 6.03. The molecule has 7 heteroatoms. The molecule has 0 aliphatic heterocycles. The van der Waals surface area contributed by atoms with Gasteiger partial charge in [-0.1, -0.05) is 66.2 Å². The number of rotatable bonds is 6. The van der Waals surface area contributed by atoms with E-state index >= 15 is 0 Å². The average Bonchev–Trinajstić information content (AvgIpc) is 2.74. The smallest absolute Gasteiger partial charge is 0.423 e. The minimum Gasteiger partial charge on any atom is -0.423 e. The largest absolute Gasteiger partial charge is 0.453 e. The molecule has 0 unspecified atom stereocenters. The van der Waals surface area contributed by atoms with Crippen molar-refractivity contribution in [2.45, 2.75) is 25.4 Å². The summed E-state index contributed by atoms with van der Waals surface area (Å²) in [5.74, 6) is -5.47. The van der Waals surface area contributed by atoms with Gasteiger partial charge in [-0.3, -0.25) is 0 Å². The second-order valence-electron chi connectivity index (χ2n) is 7.28. The van der Waals surface area contributed by atoms with Crippen LogP contribution in [0.2, 0.25) is 0 Å². The quantitative estimate of drug-likeness (QED) is 0.174. The lowest BCUT2D eigenvalue weighted by atomic mass is 10.1. The van der Waals surface area contributed by atoms with Gasteiger partial charge in [0, 0.05) is 6.42 Å². The van der Waals surface area contributed by atoms with Crippen LogP contribution in [0.5, 0.6) is 5.75 Å². The summed E-state index contributed by atoms with van der Waals surface area (Å²) >= 11 is 0. The fourth-order valence-corrected chi connectivity index (χ4v) is 2.80. The lowest BCUT2D eigenvalue weighted by Crippen LogP contribution is -2.38. The van der Waals surface area contributed by atoms with Gasteiger partial charge in [-0.15, -0.1) is 0 Å². The second kappa shape index (κ2) is 9.34. The van der Waals surface area contributed by atoms with Crippen molar-refractivity contribution in [3.05, 3.63) is 101 Å². The molecular formula is C25H19F5O2. The van der Waals surface area contributed by atoms with Crippen molar-refractivity contribution in [1.29, 1.82) is 0 Å². The lowest BCUT2D eigenvalue weighted by Gasteiger charge is -2.19. The van der Waals surface area contributed by atoms with E-state index in [1.807, 2.05) is 43.3 Å². The highest BCUT2D eigenvalue weighted by molar-refractivity contribution is 5.91. The van der Waals surface area contributed by atoms with E-state index in [0.29, 0.717) is 0 Å². The Morgan fingerprint density at radius 3 is 1.78 bits per heavy atom. The maximum absolute atomic E-state index is 13.1. The highest BCUT2D eigenvalue weighted by Gasteiger charge is 2.57. The predicted molar refractivity (Wildman–Crippen MR) is 113 cm³/mol. The average molecular weight is 446 g/mol. The normalized spacial score (nSPS) is 12.2. The van der Waals surface area contributed by atoms with E-state index in [1.165, 1.54) is 17.7 Å². The summed E-state index contributed by atoms with van der Waals surface area (Å²) in [5.41, 5.74) is 3.12. The molecule has 0 radical (unpaired) electrons. The number of halogens is 5. The number of esters is 1. The van der Waals surface area contributed by atoms with E-state index in [1.54, 1.807) is 24.3 Å². The van der Waals surface area contributed by atoms with Gasteiger partial charge in [-0.05, 0) is 47.9 Å². The van der Waals surface area contributed by atoms with Crippen LogP contribution in [0.25, 0.3) is 12.2 Å². The first-order valence-corrected chi connectivity index (χ1v) is 9.64. The molecule has 0 bridgehead atoms. The Morgan fingerprint density at radius 1 is 0.781 bits per heavy atom. The van der Waals surface area contributed by atoms with Crippen LogP contribution in [-0.2, 0) is 6.42 Å². The SMILES string of the molecule is Cc1ccc(/C=C/c2ccc(C(=O)Oc3ccc(CC(F)(F)C(F)(F)F)cc3)cc2)cc1. The number of ether oxygens (including phenoxy) is 1. The van der Waals surface area contributed by atoms with Crippen LogP contribution < -0.4 is 4.74 Å². The molecule has 0 N–H and O–H groups in total. The fourth-order valence-electron chi connectivity index (χ4n) is 2.80. The molecule has 32 heavy (non-hydrogen) atoms. The second-order valence-corrected chi connectivity index (χ2v) is 7.28. The molecule has 0 aromatic heterocycles. The third-order valence-electron chi connectivity index (χ3n) is 4.67. The van der Waals surface area contributed by atoms with E-state index < -0.39 is 24.5 Å². The maximum atomic E-state index is 13.1. The van der Waals surface area contributed by atoms with Gasteiger partial charge < -0.3 is 4.74 Å². The van der Waals surface area contributed by atoms with E-state index in [-0.39, 0.29) is 16.9 Å². The van der Waals surface area contributed by atoms with Crippen molar-refractivity contribution in [2.24, 2.45) is 0 Å². The van der Waals surface area contributed by atoms with E-state index in [2.05, 4.69) is 0 Å². The first-order chi connectivity index (χ1) is 15.0. The Morgan fingerprint density at radius 2 is 1.28 bits per heavy atom. The van der Waals surface area contributed by atoms with Crippen LogP contribution in [0.1, 0.15) is 32.6 Å². The maximum Gasteiger partial charge on any atom is 0.453 e. The van der Waals surface area contributed by atoms with Crippen LogP contribution in [0.4, 0.5) is 22.0 Å². The summed E-state index contributed by atoms with van der Waals surface area (Å²) in [6.07, 6.45) is -3.27. The minimum absolute atomic E-state index is 0.0393. The Bertz CT molecular complexity index is 1080. The predicted octanol–water partition coefficient (Wildman–Crippen LogP) is 7.12. The first kappa shape index (κ1) is 23.2. The Hall–Kier alpha value is -3.48. The molecule has 0 amide bonds.